The Morgan fingerprint density at radius 3 is 2.28 bits per heavy atom. The normalized spacial score (nSPS) is 10.2. The molecule has 2 rings (SSSR count). The number of esters is 1. The highest BCUT2D eigenvalue weighted by molar-refractivity contribution is 7.18. The van der Waals surface area contributed by atoms with Crippen molar-refractivity contribution in [1.82, 2.24) is 0 Å². The largest absolute Gasteiger partial charge is 0.462 e. The van der Waals surface area contributed by atoms with Crippen LogP contribution in [0, 0.1) is 13.8 Å². The smallest absolute Gasteiger partial charge is 0.341 e. The van der Waals surface area contributed by atoms with E-state index in [1.54, 1.807) is 26.0 Å². The summed E-state index contributed by atoms with van der Waals surface area (Å²) in [5.74, 6) is -0.727. The second-order valence-electron chi connectivity index (χ2n) is 5.48. The molecular weight excluding hydrogens is 340 g/mol. The number of rotatable bonds is 5. The summed E-state index contributed by atoms with van der Waals surface area (Å²) in [5, 5.41) is 5.63. The Morgan fingerprint density at radius 1 is 1.08 bits per heavy atom. The maximum absolute atomic E-state index is 12.2. The van der Waals surface area contributed by atoms with Gasteiger partial charge in [0.1, 0.15) is 5.00 Å². The van der Waals surface area contributed by atoms with Gasteiger partial charge < -0.3 is 10.1 Å². The summed E-state index contributed by atoms with van der Waals surface area (Å²) >= 11 is 1.07. The number of aryl methyl sites for hydroxylation is 1. The molecule has 6 nitrogen and oxygen atoms in total. The lowest BCUT2D eigenvalue weighted by molar-refractivity contribution is 0.0527. The fourth-order valence-electron chi connectivity index (χ4n) is 2.29. The van der Waals surface area contributed by atoms with E-state index in [1.165, 1.54) is 6.92 Å². The number of carbonyl (C=O) groups excluding carboxylic acids is 3. The second kappa shape index (κ2) is 7.94. The van der Waals surface area contributed by atoms with E-state index in [4.69, 9.17) is 4.74 Å². The highest BCUT2D eigenvalue weighted by atomic mass is 32.1. The van der Waals surface area contributed by atoms with Gasteiger partial charge in [-0.25, -0.2) is 9.59 Å². The number of nitrogens with one attached hydrogen (secondary N) is 2. The molecule has 25 heavy (non-hydrogen) atoms. The molecule has 2 N–H and O–H groups in total. The molecular formula is C18H20N2O4S. The third-order valence-corrected chi connectivity index (χ3v) is 4.79. The van der Waals surface area contributed by atoms with E-state index in [2.05, 4.69) is 10.6 Å². The molecule has 0 unspecified atom stereocenters. The molecule has 0 bridgehead atoms. The van der Waals surface area contributed by atoms with Crippen LogP contribution < -0.4 is 10.6 Å². The number of Topliss-reactive ketones (excluding diaryl/α,β-unsaturated/α-hetero) is 1. The maximum Gasteiger partial charge on any atom is 0.341 e. The Morgan fingerprint density at radius 2 is 1.72 bits per heavy atom. The van der Waals surface area contributed by atoms with E-state index >= 15 is 0 Å². The van der Waals surface area contributed by atoms with Crippen LogP contribution in [0.15, 0.2) is 24.3 Å². The third-order valence-electron chi connectivity index (χ3n) is 3.48. The molecule has 0 saturated heterocycles. The van der Waals surface area contributed by atoms with Crippen molar-refractivity contribution in [2.75, 3.05) is 17.2 Å². The summed E-state index contributed by atoms with van der Waals surface area (Å²) in [6, 6.07) is 6.82. The Bertz CT molecular complexity index is 809. The van der Waals surface area contributed by atoms with Crippen LogP contribution in [-0.2, 0) is 4.74 Å². The first kappa shape index (κ1) is 18.7. The van der Waals surface area contributed by atoms with E-state index in [1.807, 2.05) is 19.1 Å². The molecule has 0 aliphatic rings. The zero-order valence-corrected chi connectivity index (χ0v) is 15.4. The quantitative estimate of drug-likeness (QED) is 0.612. The van der Waals surface area contributed by atoms with Gasteiger partial charge in [0, 0.05) is 5.69 Å². The predicted octanol–water partition coefficient (Wildman–Crippen LogP) is 4.39. The topological polar surface area (TPSA) is 84.5 Å². The number of carbonyl (C=O) groups is 3. The molecule has 0 spiro atoms. The molecule has 1 heterocycles. The van der Waals surface area contributed by atoms with Crippen LogP contribution in [0.4, 0.5) is 15.5 Å². The van der Waals surface area contributed by atoms with Crippen molar-refractivity contribution in [3.63, 3.8) is 0 Å². The van der Waals surface area contributed by atoms with E-state index in [0.29, 0.717) is 21.1 Å². The van der Waals surface area contributed by atoms with Crippen LogP contribution in [0.5, 0.6) is 0 Å². The standard InChI is InChI=1S/C18H20N2O4S/c1-5-24-17(22)14-11(3)15(12(4)21)25-16(14)20-18(23)19-13-8-6-10(2)7-9-13/h6-9H,5H2,1-4H3,(H2,19,20,23). The molecule has 0 fully saturated rings. The molecule has 1 aromatic carbocycles. The van der Waals surface area contributed by atoms with E-state index in [-0.39, 0.29) is 18.0 Å². The van der Waals surface area contributed by atoms with Crippen molar-refractivity contribution >= 4 is 39.8 Å². The molecule has 0 radical (unpaired) electrons. The maximum atomic E-state index is 12.2. The van der Waals surface area contributed by atoms with Gasteiger partial charge >= 0.3 is 12.0 Å². The van der Waals surface area contributed by atoms with Gasteiger partial charge in [-0.05, 0) is 45.4 Å². The molecule has 2 amide bonds. The summed E-state index contributed by atoms with van der Waals surface area (Å²) in [6.07, 6.45) is 0. The highest BCUT2D eigenvalue weighted by Crippen LogP contribution is 2.34. The summed E-state index contributed by atoms with van der Waals surface area (Å²) in [4.78, 5) is 36.6. The zero-order valence-electron chi connectivity index (χ0n) is 14.6. The van der Waals surface area contributed by atoms with Gasteiger partial charge in [-0.15, -0.1) is 11.3 Å². The third kappa shape index (κ3) is 4.45. The van der Waals surface area contributed by atoms with E-state index in [9.17, 15) is 14.4 Å². The van der Waals surface area contributed by atoms with Crippen LogP contribution in [0.3, 0.4) is 0 Å². The highest BCUT2D eigenvalue weighted by Gasteiger charge is 2.25. The molecule has 132 valence electrons. The number of anilines is 2. The number of ketones is 1. The van der Waals surface area contributed by atoms with Gasteiger partial charge in [0.05, 0.1) is 17.0 Å². The molecule has 1 aromatic heterocycles. The number of amides is 2. The number of hydrogen-bond acceptors (Lipinski definition) is 5. The van der Waals surface area contributed by atoms with Crippen LogP contribution in [0.25, 0.3) is 0 Å². The summed E-state index contributed by atoms with van der Waals surface area (Å²) in [6.45, 7) is 6.95. The van der Waals surface area contributed by atoms with Gasteiger partial charge in [0.2, 0.25) is 0 Å². The monoisotopic (exact) mass is 360 g/mol. The van der Waals surface area contributed by atoms with Crippen molar-refractivity contribution in [1.29, 1.82) is 0 Å². The first-order chi connectivity index (χ1) is 11.8. The Balaban J connectivity index is 2.26. The van der Waals surface area contributed by atoms with Crippen LogP contribution >= 0.6 is 11.3 Å². The van der Waals surface area contributed by atoms with Gasteiger partial charge in [0.15, 0.2) is 5.78 Å². The number of ether oxygens (including phenoxy) is 1. The van der Waals surface area contributed by atoms with Crippen molar-refractivity contribution < 1.29 is 19.1 Å². The fraction of sp³-hybridized carbons (Fsp3) is 0.278. The summed E-state index contributed by atoms with van der Waals surface area (Å²) in [7, 11) is 0. The van der Waals surface area contributed by atoms with E-state index in [0.717, 1.165) is 16.9 Å². The number of urea groups is 1. The zero-order chi connectivity index (χ0) is 18.6. The average Bonchev–Trinajstić information content (AvgIpc) is 2.86. The van der Waals surface area contributed by atoms with Crippen molar-refractivity contribution in [2.24, 2.45) is 0 Å². The Labute approximate surface area is 150 Å². The van der Waals surface area contributed by atoms with Gasteiger partial charge in [-0.2, -0.15) is 0 Å². The molecule has 0 atom stereocenters. The first-order valence-electron chi connectivity index (χ1n) is 7.79. The van der Waals surface area contributed by atoms with Crippen molar-refractivity contribution in [3.05, 3.63) is 45.8 Å². The van der Waals surface area contributed by atoms with Crippen LogP contribution in [-0.4, -0.2) is 24.4 Å². The Kier molecular flexibility index (Phi) is 5.93. The summed E-state index contributed by atoms with van der Waals surface area (Å²) < 4.78 is 5.04. The molecule has 0 aliphatic carbocycles. The molecule has 7 heteroatoms. The average molecular weight is 360 g/mol. The van der Waals surface area contributed by atoms with Gasteiger partial charge in [0.25, 0.3) is 0 Å². The minimum Gasteiger partial charge on any atom is -0.462 e. The summed E-state index contributed by atoms with van der Waals surface area (Å²) in [5.41, 5.74) is 2.44. The lowest BCUT2D eigenvalue weighted by atomic mass is 10.1. The van der Waals surface area contributed by atoms with Crippen LogP contribution in [0.1, 0.15) is 45.0 Å². The lowest BCUT2D eigenvalue weighted by Crippen LogP contribution is -2.20. The van der Waals surface area contributed by atoms with Crippen LogP contribution in [0.2, 0.25) is 0 Å². The molecule has 0 aliphatic heterocycles. The van der Waals surface area contributed by atoms with Gasteiger partial charge in [-0.3, -0.25) is 10.1 Å². The van der Waals surface area contributed by atoms with Gasteiger partial charge in [-0.1, -0.05) is 17.7 Å². The predicted molar refractivity (Wildman–Crippen MR) is 98.8 cm³/mol. The first-order valence-corrected chi connectivity index (χ1v) is 8.61. The number of thiophene rings is 1. The molecule has 0 saturated carbocycles. The SMILES string of the molecule is CCOC(=O)c1c(NC(=O)Nc2ccc(C)cc2)sc(C(C)=O)c1C. The minimum absolute atomic E-state index is 0.167. The fourth-order valence-corrected chi connectivity index (χ4v) is 3.37. The van der Waals surface area contributed by atoms with Crippen molar-refractivity contribution in [3.8, 4) is 0 Å². The molecule has 2 aromatic rings. The van der Waals surface area contributed by atoms with Crippen molar-refractivity contribution in [2.45, 2.75) is 27.7 Å². The lowest BCUT2D eigenvalue weighted by Gasteiger charge is -2.09. The Hall–Kier alpha value is -2.67. The number of hydrogen-bond donors (Lipinski definition) is 2. The number of benzene rings is 1. The van der Waals surface area contributed by atoms with E-state index < -0.39 is 12.0 Å². The minimum atomic E-state index is -0.561. The second-order valence-corrected chi connectivity index (χ2v) is 6.50.